The molecule has 9 heteroatoms. The second-order valence-corrected chi connectivity index (χ2v) is 8.21. The molecule has 27 heavy (non-hydrogen) atoms. The molecule has 1 heterocycles. The molecule has 0 saturated carbocycles. The number of ether oxygens (including phenoxy) is 3. The van der Waals surface area contributed by atoms with Gasteiger partial charge in [-0.2, -0.15) is 0 Å². The Morgan fingerprint density at radius 2 is 1.78 bits per heavy atom. The Bertz CT molecular complexity index is 1100. The lowest BCUT2D eigenvalue weighted by Gasteiger charge is -2.13. The van der Waals surface area contributed by atoms with Crippen LogP contribution in [0.4, 0.5) is 5.69 Å². The second-order valence-electron chi connectivity index (χ2n) is 5.48. The van der Waals surface area contributed by atoms with Gasteiger partial charge in [0, 0.05) is 16.5 Å². The topological polar surface area (TPSA) is 90.9 Å². The third kappa shape index (κ3) is 3.83. The first-order valence-electron chi connectivity index (χ1n) is 7.74. The fourth-order valence-corrected chi connectivity index (χ4v) is 4.71. The summed E-state index contributed by atoms with van der Waals surface area (Å²) in [5, 5.41) is 0.734. The van der Waals surface area contributed by atoms with E-state index in [9.17, 15) is 13.2 Å². The van der Waals surface area contributed by atoms with Crippen LogP contribution in [0.1, 0.15) is 9.67 Å². The molecule has 3 rings (SSSR count). The van der Waals surface area contributed by atoms with Gasteiger partial charge in [0.15, 0.2) is 0 Å². The molecule has 0 aliphatic rings. The molecule has 0 radical (unpaired) electrons. The van der Waals surface area contributed by atoms with Crippen LogP contribution in [0.15, 0.2) is 47.4 Å². The zero-order valence-electron chi connectivity index (χ0n) is 14.8. The van der Waals surface area contributed by atoms with Crippen LogP contribution in [0.5, 0.6) is 11.5 Å². The van der Waals surface area contributed by atoms with Crippen LogP contribution in [-0.4, -0.2) is 35.7 Å². The minimum Gasteiger partial charge on any atom is -0.497 e. The van der Waals surface area contributed by atoms with Gasteiger partial charge in [0.1, 0.15) is 21.3 Å². The molecule has 1 aromatic heterocycles. The number of anilines is 1. The molecule has 7 nitrogen and oxygen atoms in total. The largest absolute Gasteiger partial charge is 0.497 e. The number of carbonyl (C=O) groups excluding carboxylic acids is 1. The van der Waals surface area contributed by atoms with Crippen molar-refractivity contribution in [2.75, 3.05) is 26.1 Å². The maximum atomic E-state index is 12.8. The van der Waals surface area contributed by atoms with Crippen molar-refractivity contribution in [2.24, 2.45) is 0 Å². The minimum absolute atomic E-state index is 0.0370. The molecule has 1 N–H and O–H groups in total. The summed E-state index contributed by atoms with van der Waals surface area (Å²) in [6.45, 7) is 0. The number of hydrogen-bond donors (Lipinski definition) is 1. The van der Waals surface area contributed by atoms with Gasteiger partial charge in [0.05, 0.1) is 21.3 Å². The van der Waals surface area contributed by atoms with Gasteiger partial charge < -0.3 is 14.2 Å². The van der Waals surface area contributed by atoms with E-state index in [4.69, 9.17) is 14.2 Å². The number of sulfonamides is 1. The van der Waals surface area contributed by atoms with Crippen molar-refractivity contribution >= 4 is 43.1 Å². The van der Waals surface area contributed by atoms with Gasteiger partial charge in [0.25, 0.3) is 10.0 Å². The van der Waals surface area contributed by atoms with Crippen LogP contribution < -0.4 is 14.2 Å². The van der Waals surface area contributed by atoms with Crippen LogP contribution in [-0.2, 0) is 14.8 Å². The summed E-state index contributed by atoms with van der Waals surface area (Å²) >= 11 is 1.28. The van der Waals surface area contributed by atoms with Crippen LogP contribution in [0.25, 0.3) is 10.1 Å². The molecular formula is C18H17NO6S2. The van der Waals surface area contributed by atoms with E-state index >= 15 is 0 Å². The summed E-state index contributed by atoms with van der Waals surface area (Å²) in [5.41, 5.74) is 0.363. The summed E-state index contributed by atoms with van der Waals surface area (Å²) in [6.07, 6.45) is 0. The van der Waals surface area contributed by atoms with Crippen LogP contribution >= 0.6 is 11.3 Å². The van der Waals surface area contributed by atoms with E-state index in [0.29, 0.717) is 16.3 Å². The van der Waals surface area contributed by atoms with Gasteiger partial charge in [-0.1, -0.05) is 0 Å². The van der Waals surface area contributed by atoms with Crippen LogP contribution in [0.2, 0.25) is 0 Å². The predicted octanol–water partition coefficient (Wildman–Crippen LogP) is 3.51. The Balaban J connectivity index is 1.97. The van der Waals surface area contributed by atoms with Crippen molar-refractivity contribution < 1.29 is 27.4 Å². The first-order valence-corrected chi connectivity index (χ1v) is 10.0. The molecule has 0 saturated heterocycles. The highest BCUT2D eigenvalue weighted by atomic mass is 32.2. The zero-order chi connectivity index (χ0) is 19.6. The Morgan fingerprint density at radius 1 is 1.00 bits per heavy atom. The van der Waals surface area contributed by atoms with Crippen molar-refractivity contribution in [1.29, 1.82) is 0 Å². The second kappa shape index (κ2) is 7.45. The number of hydrogen-bond acceptors (Lipinski definition) is 7. The molecule has 0 atom stereocenters. The Hall–Kier alpha value is -2.78. The normalized spacial score (nSPS) is 11.2. The first-order chi connectivity index (χ1) is 12.9. The fraction of sp³-hybridized carbons (Fsp3) is 0.167. The van der Waals surface area contributed by atoms with E-state index in [-0.39, 0.29) is 10.6 Å². The van der Waals surface area contributed by atoms with Crippen molar-refractivity contribution in [3.8, 4) is 11.5 Å². The number of esters is 1. The SMILES string of the molecule is COC(=O)c1cc2cc(NS(=O)(=O)c3cc(OC)ccc3OC)ccc2s1. The summed E-state index contributed by atoms with van der Waals surface area (Å²) in [6, 6.07) is 11.2. The molecule has 0 unspecified atom stereocenters. The summed E-state index contributed by atoms with van der Waals surface area (Å²) in [4.78, 5) is 12.1. The number of rotatable bonds is 6. The Kier molecular flexibility index (Phi) is 5.24. The Morgan fingerprint density at radius 3 is 2.44 bits per heavy atom. The van der Waals surface area contributed by atoms with Crippen LogP contribution in [0, 0.1) is 0 Å². The summed E-state index contributed by atoms with van der Waals surface area (Å²) < 4.78 is 44.0. The van der Waals surface area contributed by atoms with Gasteiger partial charge in [-0.05, 0) is 41.8 Å². The molecule has 0 bridgehead atoms. The number of nitrogens with one attached hydrogen (secondary N) is 1. The van der Waals surface area contributed by atoms with E-state index < -0.39 is 16.0 Å². The molecule has 3 aromatic rings. The van der Waals surface area contributed by atoms with E-state index in [2.05, 4.69) is 4.72 Å². The third-order valence-electron chi connectivity index (χ3n) is 3.82. The average Bonchev–Trinajstić information content (AvgIpc) is 3.09. The van der Waals surface area contributed by atoms with Gasteiger partial charge in [-0.15, -0.1) is 11.3 Å². The van der Waals surface area contributed by atoms with Gasteiger partial charge in [-0.25, -0.2) is 13.2 Å². The fourth-order valence-electron chi connectivity index (χ4n) is 2.51. The zero-order valence-corrected chi connectivity index (χ0v) is 16.4. The molecule has 142 valence electrons. The summed E-state index contributed by atoms with van der Waals surface area (Å²) in [7, 11) is 0.247. The number of benzene rings is 2. The Labute approximate surface area is 160 Å². The van der Waals surface area contributed by atoms with Crippen molar-refractivity contribution in [3.63, 3.8) is 0 Å². The molecule has 0 aliphatic heterocycles. The van der Waals surface area contributed by atoms with E-state index in [1.165, 1.54) is 44.8 Å². The van der Waals surface area contributed by atoms with E-state index in [1.54, 1.807) is 30.3 Å². The number of thiophene rings is 1. The number of fused-ring (bicyclic) bond motifs is 1. The maximum absolute atomic E-state index is 12.8. The lowest BCUT2D eigenvalue weighted by molar-refractivity contribution is 0.0606. The van der Waals surface area contributed by atoms with Gasteiger partial charge in [-0.3, -0.25) is 4.72 Å². The van der Waals surface area contributed by atoms with Crippen LogP contribution in [0.3, 0.4) is 0 Å². The monoisotopic (exact) mass is 407 g/mol. The third-order valence-corrected chi connectivity index (χ3v) is 6.31. The standard InChI is InChI=1S/C18H17NO6S2/c1-23-13-5-6-14(24-2)17(10-13)27(21,22)19-12-4-7-15-11(8-12)9-16(26-15)18(20)25-3/h4-10,19H,1-3H3. The minimum atomic E-state index is -3.91. The first kappa shape index (κ1) is 19.0. The number of carbonyl (C=O) groups is 1. The molecular weight excluding hydrogens is 390 g/mol. The average molecular weight is 407 g/mol. The smallest absolute Gasteiger partial charge is 0.348 e. The molecule has 0 fully saturated rings. The van der Waals surface area contributed by atoms with Crippen molar-refractivity contribution in [3.05, 3.63) is 47.3 Å². The molecule has 0 amide bonds. The summed E-state index contributed by atoms with van der Waals surface area (Å²) in [5.74, 6) is 0.166. The highest BCUT2D eigenvalue weighted by molar-refractivity contribution is 7.92. The highest BCUT2D eigenvalue weighted by Crippen LogP contribution is 2.32. The maximum Gasteiger partial charge on any atom is 0.348 e. The predicted molar refractivity (Wildman–Crippen MR) is 104 cm³/mol. The highest BCUT2D eigenvalue weighted by Gasteiger charge is 2.21. The van der Waals surface area contributed by atoms with E-state index in [0.717, 1.165) is 10.1 Å². The van der Waals surface area contributed by atoms with E-state index in [1.807, 2.05) is 0 Å². The lowest BCUT2D eigenvalue weighted by Crippen LogP contribution is -2.14. The number of methoxy groups -OCH3 is 3. The lowest BCUT2D eigenvalue weighted by atomic mass is 10.2. The van der Waals surface area contributed by atoms with Crippen molar-refractivity contribution in [1.82, 2.24) is 0 Å². The molecule has 2 aromatic carbocycles. The molecule has 0 aliphatic carbocycles. The quantitative estimate of drug-likeness (QED) is 0.629. The molecule has 0 spiro atoms. The van der Waals surface area contributed by atoms with Gasteiger partial charge in [0.2, 0.25) is 0 Å². The van der Waals surface area contributed by atoms with Crippen molar-refractivity contribution in [2.45, 2.75) is 4.90 Å². The van der Waals surface area contributed by atoms with Gasteiger partial charge >= 0.3 is 5.97 Å².